The highest BCUT2D eigenvalue weighted by atomic mass is 79.9. The Labute approximate surface area is 58.5 Å². The highest BCUT2D eigenvalue weighted by Crippen LogP contribution is 2.04. The molecular formula is C6H4BBr. The Bertz CT molecular complexity index is 147. The molecule has 0 N–H and O–H groups in total. The molecule has 8 heavy (non-hydrogen) atoms. The summed E-state index contributed by atoms with van der Waals surface area (Å²) in [7, 11) is 5.41. The van der Waals surface area contributed by atoms with Crippen molar-refractivity contribution in [3.63, 3.8) is 0 Å². The molecule has 0 nitrogen and oxygen atoms in total. The van der Waals surface area contributed by atoms with Gasteiger partial charge in [0.15, 0.2) is 0 Å². The second-order valence-corrected chi connectivity index (χ2v) is 2.47. The molecule has 0 saturated heterocycles. The van der Waals surface area contributed by atoms with E-state index in [-0.39, 0.29) is 0 Å². The molecule has 2 radical (unpaired) electrons. The smallest absolute Gasteiger partial charge is 0.0966 e. The number of hydrogen-bond donors (Lipinski definition) is 0. The van der Waals surface area contributed by atoms with Crippen LogP contribution in [0.5, 0.6) is 0 Å². The summed E-state index contributed by atoms with van der Waals surface area (Å²) in [5.41, 5.74) is 0.799. The molecule has 38 valence electrons. The zero-order valence-electron chi connectivity index (χ0n) is 4.26. The molecule has 0 aliphatic heterocycles. The summed E-state index contributed by atoms with van der Waals surface area (Å²) in [4.78, 5) is 0. The van der Waals surface area contributed by atoms with Crippen LogP contribution in [0.4, 0.5) is 0 Å². The fourth-order valence-electron chi connectivity index (χ4n) is 0.463. The molecule has 0 heterocycles. The molecular weight excluding hydrogens is 163 g/mol. The quantitative estimate of drug-likeness (QED) is 0.509. The number of rotatable bonds is 0. The summed E-state index contributed by atoms with van der Waals surface area (Å²) in [6, 6.07) is 7.53. The summed E-state index contributed by atoms with van der Waals surface area (Å²) in [5, 5.41) is 0. The van der Waals surface area contributed by atoms with E-state index in [2.05, 4.69) is 15.9 Å². The Morgan fingerprint density at radius 1 is 1.12 bits per heavy atom. The Hall–Kier alpha value is -0.235. The van der Waals surface area contributed by atoms with E-state index in [1.165, 1.54) is 0 Å². The first-order valence-corrected chi connectivity index (χ1v) is 3.09. The molecule has 0 spiro atoms. The minimum absolute atomic E-state index is 0.799. The van der Waals surface area contributed by atoms with Crippen molar-refractivity contribution < 1.29 is 0 Å². The molecule has 0 amide bonds. The van der Waals surface area contributed by atoms with Crippen molar-refractivity contribution >= 4 is 29.2 Å². The molecule has 0 bridgehead atoms. The van der Waals surface area contributed by atoms with Gasteiger partial charge >= 0.3 is 0 Å². The molecule has 2 heteroatoms. The Kier molecular flexibility index (Phi) is 1.74. The third-order valence-corrected chi connectivity index (χ3v) is 1.40. The Morgan fingerprint density at radius 2 is 1.62 bits per heavy atom. The lowest BCUT2D eigenvalue weighted by molar-refractivity contribution is 1.70. The first-order valence-electron chi connectivity index (χ1n) is 2.30. The van der Waals surface area contributed by atoms with Gasteiger partial charge in [0.1, 0.15) is 7.85 Å². The predicted octanol–water partition coefficient (Wildman–Crippen LogP) is 1.24. The SMILES string of the molecule is [B]c1ccc(Br)cc1. The van der Waals surface area contributed by atoms with Crippen molar-refractivity contribution in [3.05, 3.63) is 28.7 Å². The number of halogens is 1. The van der Waals surface area contributed by atoms with Crippen LogP contribution >= 0.6 is 15.9 Å². The van der Waals surface area contributed by atoms with E-state index in [4.69, 9.17) is 7.85 Å². The van der Waals surface area contributed by atoms with Crippen LogP contribution in [0.3, 0.4) is 0 Å². The number of benzene rings is 1. The zero-order valence-corrected chi connectivity index (χ0v) is 5.85. The van der Waals surface area contributed by atoms with E-state index in [9.17, 15) is 0 Å². The van der Waals surface area contributed by atoms with Gasteiger partial charge in [-0.1, -0.05) is 33.5 Å². The minimum atomic E-state index is 0.799. The highest BCUT2D eigenvalue weighted by Gasteiger charge is 1.81. The zero-order chi connectivity index (χ0) is 5.98. The van der Waals surface area contributed by atoms with E-state index in [0.29, 0.717) is 0 Å². The molecule has 1 aromatic carbocycles. The maximum absolute atomic E-state index is 5.41. The van der Waals surface area contributed by atoms with E-state index >= 15 is 0 Å². The van der Waals surface area contributed by atoms with E-state index in [0.717, 1.165) is 9.94 Å². The third-order valence-electron chi connectivity index (χ3n) is 0.870. The average Bonchev–Trinajstić information content (AvgIpc) is 1.77. The standard InChI is InChI=1S/C6H4BBr/c7-5-1-3-6(8)4-2-5/h1-4H. The molecule has 0 fully saturated rings. The molecule has 0 unspecified atom stereocenters. The van der Waals surface area contributed by atoms with Gasteiger partial charge in [-0.2, -0.15) is 0 Å². The van der Waals surface area contributed by atoms with Gasteiger partial charge in [0.25, 0.3) is 0 Å². The lowest BCUT2D eigenvalue weighted by atomic mass is 9.97. The van der Waals surface area contributed by atoms with Crippen LogP contribution in [-0.4, -0.2) is 7.85 Å². The summed E-state index contributed by atoms with van der Waals surface area (Å²) in [6.07, 6.45) is 0. The van der Waals surface area contributed by atoms with Gasteiger partial charge < -0.3 is 0 Å². The van der Waals surface area contributed by atoms with Gasteiger partial charge in [0, 0.05) is 4.47 Å². The summed E-state index contributed by atoms with van der Waals surface area (Å²) in [6.45, 7) is 0. The van der Waals surface area contributed by atoms with Crippen LogP contribution in [-0.2, 0) is 0 Å². The third kappa shape index (κ3) is 1.37. The lowest BCUT2D eigenvalue weighted by Crippen LogP contribution is -1.97. The summed E-state index contributed by atoms with van der Waals surface area (Å²) in [5.74, 6) is 0. The van der Waals surface area contributed by atoms with Gasteiger partial charge in [-0.3, -0.25) is 0 Å². The van der Waals surface area contributed by atoms with E-state index in [1.54, 1.807) is 0 Å². The fourth-order valence-corrected chi connectivity index (χ4v) is 0.727. The van der Waals surface area contributed by atoms with Crippen molar-refractivity contribution in [2.24, 2.45) is 0 Å². The lowest BCUT2D eigenvalue weighted by Gasteiger charge is -1.88. The highest BCUT2D eigenvalue weighted by molar-refractivity contribution is 9.10. The number of hydrogen-bond acceptors (Lipinski definition) is 0. The van der Waals surface area contributed by atoms with Gasteiger partial charge in [0.05, 0.1) is 0 Å². The maximum atomic E-state index is 5.41. The van der Waals surface area contributed by atoms with Crippen molar-refractivity contribution in [1.82, 2.24) is 0 Å². The second kappa shape index (κ2) is 2.36. The molecule has 1 rings (SSSR count). The van der Waals surface area contributed by atoms with Gasteiger partial charge in [-0.25, -0.2) is 0 Å². The normalized spacial score (nSPS) is 9.12. The molecule has 1 aromatic rings. The average molecular weight is 167 g/mol. The summed E-state index contributed by atoms with van der Waals surface area (Å²) >= 11 is 3.29. The Morgan fingerprint density at radius 3 is 2.00 bits per heavy atom. The molecule has 0 atom stereocenters. The van der Waals surface area contributed by atoms with Gasteiger partial charge in [-0.05, 0) is 12.1 Å². The molecule has 0 saturated carbocycles. The predicted molar refractivity (Wildman–Crippen MR) is 39.5 cm³/mol. The molecule has 0 aliphatic carbocycles. The fraction of sp³-hybridized carbons (Fsp3) is 0. The van der Waals surface area contributed by atoms with Crippen LogP contribution in [0.15, 0.2) is 28.7 Å². The topological polar surface area (TPSA) is 0 Å². The largest absolute Gasteiger partial charge is 0.113 e. The van der Waals surface area contributed by atoms with Crippen molar-refractivity contribution in [1.29, 1.82) is 0 Å². The van der Waals surface area contributed by atoms with E-state index < -0.39 is 0 Å². The molecule has 0 aliphatic rings. The second-order valence-electron chi connectivity index (χ2n) is 1.55. The van der Waals surface area contributed by atoms with Crippen LogP contribution in [0.1, 0.15) is 0 Å². The van der Waals surface area contributed by atoms with Crippen LogP contribution in [0.2, 0.25) is 0 Å². The van der Waals surface area contributed by atoms with Crippen molar-refractivity contribution in [3.8, 4) is 0 Å². The monoisotopic (exact) mass is 166 g/mol. The minimum Gasteiger partial charge on any atom is -0.0966 e. The van der Waals surface area contributed by atoms with Gasteiger partial charge in [0.2, 0.25) is 0 Å². The molecule has 0 aromatic heterocycles. The van der Waals surface area contributed by atoms with Gasteiger partial charge in [-0.15, -0.1) is 0 Å². The van der Waals surface area contributed by atoms with Crippen LogP contribution in [0, 0.1) is 0 Å². The summed E-state index contributed by atoms with van der Waals surface area (Å²) < 4.78 is 1.06. The van der Waals surface area contributed by atoms with Crippen LogP contribution < -0.4 is 5.46 Å². The Balaban J connectivity index is 3.03. The van der Waals surface area contributed by atoms with Crippen molar-refractivity contribution in [2.75, 3.05) is 0 Å². The van der Waals surface area contributed by atoms with Crippen molar-refractivity contribution in [2.45, 2.75) is 0 Å². The first kappa shape index (κ1) is 5.89. The maximum Gasteiger partial charge on any atom is 0.113 e. The van der Waals surface area contributed by atoms with E-state index in [1.807, 2.05) is 24.3 Å². The van der Waals surface area contributed by atoms with Crippen LogP contribution in [0.25, 0.3) is 0 Å². The first-order chi connectivity index (χ1) is 3.79.